The molecule has 0 atom stereocenters. The first-order chi connectivity index (χ1) is 8.20. The lowest BCUT2D eigenvalue weighted by atomic mass is 10.2. The predicted octanol–water partition coefficient (Wildman–Crippen LogP) is 1.94. The third kappa shape index (κ3) is 2.53. The molecule has 4 heteroatoms. The normalized spacial score (nSPS) is 14.8. The number of carbonyl (C=O) groups is 2. The van der Waals surface area contributed by atoms with E-state index < -0.39 is 0 Å². The van der Waals surface area contributed by atoms with Crippen molar-refractivity contribution in [1.29, 1.82) is 0 Å². The number of amides is 2. The van der Waals surface area contributed by atoms with E-state index >= 15 is 0 Å². The first kappa shape index (κ1) is 11.4. The molecule has 4 nitrogen and oxygen atoms in total. The number of hydrogen-bond donors (Lipinski definition) is 1. The van der Waals surface area contributed by atoms with Crippen molar-refractivity contribution in [2.45, 2.75) is 12.8 Å². The molecule has 0 bridgehead atoms. The van der Waals surface area contributed by atoms with Crippen molar-refractivity contribution in [2.24, 2.45) is 0 Å². The Morgan fingerprint density at radius 1 is 1.35 bits per heavy atom. The molecular weight excluding hydrogens is 216 g/mol. The van der Waals surface area contributed by atoms with Crippen molar-refractivity contribution in [2.75, 3.05) is 16.8 Å². The fraction of sp³-hybridized carbons (Fsp3) is 0.231. The van der Waals surface area contributed by atoms with Gasteiger partial charge in [-0.25, -0.2) is 0 Å². The second-order valence-electron chi connectivity index (χ2n) is 3.89. The zero-order valence-corrected chi connectivity index (χ0v) is 9.48. The summed E-state index contributed by atoms with van der Waals surface area (Å²) in [6.07, 6.45) is 2.75. The smallest absolute Gasteiger partial charge is 0.247 e. The Labute approximate surface area is 99.9 Å². The van der Waals surface area contributed by atoms with Crippen LogP contribution >= 0.6 is 0 Å². The van der Waals surface area contributed by atoms with Gasteiger partial charge < -0.3 is 10.2 Å². The molecule has 1 fully saturated rings. The van der Waals surface area contributed by atoms with Gasteiger partial charge in [0, 0.05) is 24.3 Å². The van der Waals surface area contributed by atoms with Gasteiger partial charge in [-0.05, 0) is 36.8 Å². The summed E-state index contributed by atoms with van der Waals surface area (Å²) in [5.41, 5.74) is 1.58. The number of hydrogen-bond acceptors (Lipinski definition) is 2. The van der Waals surface area contributed by atoms with Crippen LogP contribution in [-0.4, -0.2) is 18.4 Å². The molecule has 0 spiro atoms. The van der Waals surface area contributed by atoms with E-state index in [1.165, 1.54) is 6.08 Å². The number of anilines is 2. The summed E-state index contributed by atoms with van der Waals surface area (Å²) in [6.45, 7) is 4.16. The van der Waals surface area contributed by atoms with E-state index in [0.29, 0.717) is 12.1 Å². The van der Waals surface area contributed by atoms with E-state index in [1.807, 2.05) is 12.1 Å². The van der Waals surface area contributed by atoms with Crippen molar-refractivity contribution < 1.29 is 9.59 Å². The van der Waals surface area contributed by atoms with Crippen LogP contribution in [0.15, 0.2) is 36.9 Å². The standard InChI is InChI=1S/C13H14N2O2/c1-2-12(16)14-10-5-7-11(8-6-10)15-9-3-4-13(15)17/h2,5-8H,1,3-4,9H2,(H,14,16). The van der Waals surface area contributed by atoms with Crippen LogP contribution in [-0.2, 0) is 9.59 Å². The molecule has 2 amide bonds. The van der Waals surface area contributed by atoms with Crippen LogP contribution in [0.1, 0.15) is 12.8 Å². The van der Waals surface area contributed by atoms with E-state index in [2.05, 4.69) is 11.9 Å². The molecule has 1 aliphatic rings. The van der Waals surface area contributed by atoms with Crippen LogP contribution in [0, 0.1) is 0 Å². The van der Waals surface area contributed by atoms with Crippen molar-refractivity contribution in [3.63, 3.8) is 0 Å². The SMILES string of the molecule is C=CC(=O)Nc1ccc(N2CCCC2=O)cc1. The lowest BCUT2D eigenvalue weighted by Crippen LogP contribution is -2.23. The van der Waals surface area contributed by atoms with E-state index in [0.717, 1.165) is 18.7 Å². The van der Waals surface area contributed by atoms with Gasteiger partial charge in [0.05, 0.1) is 0 Å². The summed E-state index contributed by atoms with van der Waals surface area (Å²) in [7, 11) is 0. The van der Waals surface area contributed by atoms with Crippen LogP contribution < -0.4 is 10.2 Å². The van der Waals surface area contributed by atoms with Crippen LogP contribution in [0.4, 0.5) is 11.4 Å². The quantitative estimate of drug-likeness (QED) is 0.807. The summed E-state index contributed by atoms with van der Waals surface area (Å²) in [5.74, 6) is -0.0807. The Morgan fingerprint density at radius 3 is 2.59 bits per heavy atom. The maximum Gasteiger partial charge on any atom is 0.247 e. The van der Waals surface area contributed by atoms with Crippen molar-refractivity contribution in [3.8, 4) is 0 Å². The highest BCUT2D eigenvalue weighted by molar-refractivity contribution is 5.99. The highest BCUT2D eigenvalue weighted by atomic mass is 16.2. The summed E-state index contributed by atoms with van der Waals surface area (Å²) in [4.78, 5) is 24.4. The first-order valence-corrected chi connectivity index (χ1v) is 5.54. The minimum Gasteiger partial charge on any atom is -0.323 e. The summed E-state index contributed by atoms with van der Waals surface area (Å²) in [6, 6.07) is 7.23. The zero-order chi connectivity index (χ0) is 12.3. The van der Waals surface area contributed by atoms with Gasteiger partial charge in [-0.2, -0.15) is 0 Å². The van der Waals surface area contributed by atoms with E-state index in [1.54, 1.807) is 17.0 Å². The number of nitrogens with one attached hydrogen (secondary N) is 1. The average molecular weight is 230 g/mol. The highest BCUT2D eigenvalue weighted by Crippen LogP contribution is 2.22. The minimum atomic E-state index is -0.241. The molecule has 1 saturated heterocycles. The number of rotatable bonds is 3. The number of benzene rings is 1. The largest absolute Gasteiger partial charge is 0.323 e. The molecule has 0 radical (unpaired) electrons. The molecule has 1 heterocycles. The van der Waals surface area contributed by atoms with Gasteiger partial charge >= 0.3 is 0 Å². The zero-order valence-electron chi connectivity index (χ0n) is 9.48. The molecule has 2 rings (SSSR count). The van der Waals surface area contributed by atoms with E-state index in [9.17, 15) is 9.59 Å². The van der Waals surface area contributed by atoms with Gasteiger partial charge in [0.1, 0.15) is 0 Å². The third-order valence-electron chi connectivity index (χ3n) is 2.71. The van der Waals surface area contributed by atoms with Crippen LogP contribution in [0.3, 0.4) is 0 Å². The molecule has 1 N–H and O–H groups in total. The van der Waals surface area contributed by atoms with Gasteiger partial charge in [-0.1, -0.05) is 6.58 Å². The minimum absolute atomic E-state index is 0.160. The summed E-state index contributed by atoms with van der Waals surface area (Å²) < 4.78 is 0. The Bertz CT molecular complexity index is 451. The summed E-state index contributed by atoms with van der Waals surface area (Å²) in [5, 5.41) is 2.66. The number of nitrogens with zero attached hydrogens (tertiary/aromatic N) is 1. The molecule has 1 aromatic carbocycles. The second kappa shape index (κ2) is 4.82. The molecule has 0 aromatic heterocycles. The van der Waals surface area contributed by atoms with Crippen molar-refractivity contribution >= 4 is 23.2 Å². The second-order valence-corrected chi connectivity index (χ2v) is 3.89. The fourth-order valence-corrected chi connectivity index (χ4v) is 1.84. The molecule has 1 aliphatic heterocycles. The van der Waals surface area contributed by atoms with Gasteiger partial charge in [-0.15, -0.1) is 0 Å². The molecule has 17 heavy (non-hydrogen) atoms. The van der Waals surface area contributed by atoms with Crippen LogP contribution in [0.5, 0.6) is 0 Å². The van der Waals surface area contributed by atoms with Gasteiger partial charge in [0.15, 0.2) is 0 Å². The van der Waals surface area contributed by atoms with E-state index in [4.69, 9.17) is 0 Å². The topological polar surface area (TPSA) is 49.4 Å². The fourth-order valence-electron chi connectivity index (χ4n) is 1.84. The van der Waals surface area contributed by atoms with E-state index in [-0.39, 0.29) is 11.8 Å². The monoisotopic (exact) mass is 230 g/mol. The van der Waals surface area contributed by atoms with Crippen molar-refractivity contribution in [1.82, 2.24) is 0 Å². The maximum atomic E-state index is 11.5. The molecular formula is C13H14N2O2. The van der Waals surface area contributed by atoms with Gasteiger partial charge in [0.25, 0.3) is 0 Å². The Kier molecular flexibility index (Phi) is 3.23. The number of carbonyl (C=O) groups excluding carboxylic acids is 2. The van der Waals surface area contributed by atoms with Crippen LogP contribution in [0.2, 0.25) is 0 Å². The first-order valence-electron chi connectivity index (χ1n) is 5.54. The van der Waals surface area contributed by atoms with Crippen LogP contribution in [0.25, 0.3) is 0 Å². The van der Waals surface area contributed by atoms with Crippen molar-refractivity contribution in [3.05, 3.63) is 36.9 Å². The molecule has 0 aliphatic carbocycles. The lowest BCUT2D eigenvalue weighted by molar-refractivity contribution is -0.117. The van der Waals surface area contributed by atoms with Gasteiger partial charge in [-0.3, -0.25) is 9.59 Å². The highest BCUT2D eigenvalue weighted by Gasteiger charge is 2.21. The predicted molar refractivity (Wildman–Crippen MR) is 66.9 cm³/mol. The molecule has 0 saturated carbocycles. The Balaban J connectivity index is 2.10. The molecule has 88 valence electrons. The Morgan fingerprint density at radius 2 is 2.06 bits per heavy atom. The average Bonchev–Trinajstić information content (AvgIpc) is 2.76. The molecule has 0 unspecified atom stereocenters. The van der Waals surface area contributed by atoms with Gasteiger partial charge in [0.2, 0.25) is 11.8 Å². The third-order valence-corrected chi connectivity index (χ3v) is 2.71. The Hall–Kier alpha value is -2.10. The molecule has 1 aromatic rings. The summed E-state index contributed by atoms with van der Waals surface area (Å²) >= 11 is 0. The lowest BCUT2D eigenvalue weighted by Gasteiger charge is -2.15. The maximum absolute atomic E-state index is 11.5.